The van der Waals surface area contributed by atoms with Crippen LogP contribution in [0.3, 0.4) is 0 Å². The number of allylic oxidation sites excluding steroid dienone is 4. The standard InChI is InChI=1S/C45H83NO8/c1-6-8-10-12-14-16-18-19-20-21-22-23-24-26-28-30-32-34-36-43(48)54-41(40-53-45(44(49)50)51-38-37-46(3,4)5)39-52-42(47)35-33-31-29-27-25-17-15-13-11-9-7-2/h16,18,20-21,41,45H,6-15,17,19,22-40H2,1-5H3/b18-16-,21-20-. The van der Waals surface area contributed by atoms with Crippen molar-refractivity contribution in [3.8, 4) is 0 Å². The van der Waals surface area contributed by atoms with E-state index in [0.29, 0.717) is 23.9 Å². The van der Waals surface area contributed by atoms with Gasteiger partial charge in [0.15, 0.2) is 12.4 Å². The molecule has 0 N–H and O–H groups in total. The lowest BCUT2D eigenvalue weighted by molar-refractivity contribution is -0.870. The highest BCUT2D eigenvalue weighted by Crippen LogP contribution is 2.14. The van der Waals surface area contributed by atoms with Crippen LogP contribution in [0, 0.1) is 0 Å². The number of carbonyl (C=O) groups excluding carboxylic acids is 3. The Labute approximate surface area is 331 Å². The van der Waals surface area contributed by atoms with E-state index in [-0.39, 0.29) is 32.2 Å². The molecule has 0 fully saturated rings. The summed E-state index contributed by atoms with van der Waals surface area (Å²) in [5.41, 5.74) is 0. The van der Waals surface area contributed by atoms with E-state index in [9.17, 15) is 19.5 Å². The van der Waals surface area contributed by atoms with Gasteiger partial charge in [-0.3, -0.25) is 9.59 Å². The van der Waals surface area contributed by atoms with Crippen molar-refractivity contribution in [1.29, 1.82) is 0 Å². The molecule has 0 saturated heterocycles. The number of rotatable bonds is 40. The number of quaternary nitrogens is 1. The summed E-state index contributed by atoms with van der Waals surface area (Å²) in [6, 6.07) is 0. The van der Waals surface area contributed by atoms with Gasteiger partial charge in [-0.1, -0.05) is 154 Å². The number of hydrogen-bond donors (Lipinski definition) is 0. The lowest BCUT2D eigenvalue weighted by Crippen LogP contribution is -2.44. The highest BCUT2D eigenvalue weighted by Gasteiger charge is 2.21. The summed E-state index contributed by atoms with van der Waals surface area (Å²) in [4.78, 5) is 36.9. The van der Waals surface area contributed by atoms with Crippen molar-refractivity contribution in [1.82, 2.24) is 0 Å². The van der Waals surface area contributed by atoms with Crippen molar-refractivity contribution >= 4 is 17.9 Å². The maximum atomic E-state index is 12.7. The van der Waals surface area contributed by atoms with Crippen LogP contribution in [-0.4, -0.2) is 82.3 Å². The minimum absolute atomic E-state index is 0.148. The molecule has 0 rings (SSSR count). The number of ether oxygens (including phenoxy) is 4. The number of aliphatic carboxylic acids is 1. The predicted molar refractivity (Wildman–Crippen MR) is 219 cm³/mol. The molecule has 0 aliphatic carbocycles. The van der Waals surface area contributed by atoms with Crippen molar-refractivity contribution < 1.29 is 42.9 Å². The third-order valence-corrected chi connectivity index (χ3v) is 9.45. The first-order valence-corrected chi connectivity index (χ1v) is 22.0. The Hall–Kier alpha value is -2.23. The molecule has 0 aromatic carbocycles. The summed E-state index contributed by atoms with van der Waals surface area (Å²) in [5.74, 6) is -2.29. The first-order valence-electron chi connectivity index (χ1n) is 22.0. The molecule has 0 saturated carbocycles. The summed E-state index contributed by atoms with van der Waals surface area (Å²) in [7, 11) is 5.90. The van der Waals surface area contributed by atoms with Gasteiger partial charge in [-0.15, -0.1) is 0 Å². The van der Waals surface area contributed by atoms with Crippen LogP contribution in [0.5, 0.6) is 0 Å². The second-order valence-corrected chi connectivity index (χ2v) is 16.0. The number of carboxylic acids is 1. The SMILES string of the molecule is CCCCCC/C=C\C/C=C\CCCCCCCCCC(=O)OC(COC(=O)CCCCCCCCCCCCC)COC(OCC[N+](C)(C)C)C(=O)[O-]. The molecule has 0 amide bonds. The number of hydrogen-bond acceptors (Lipinski definition) is 8. The Morgan fingerprint density at radius 3 is 1.48 bits per heavy atom. The number of likely N-dealkylation sites (N-methyl/N-ethyl adjacent to an activating group) is 1. The Morgan fingerprint density at radius 1 is 0.556 bits per heavy atom. The lowest BCUT2D eigenvalue weighted by Gasteiger charge is -2.26. The summed E-state index contributed by atoms with van der Waals surface area (Å²) < 4.78 is 22.5. The van der Waals surface area contributed by atoms with Crippen LogP contribution in [0.2, 0.25) is 0 Å². The predicted octanol–water partition coefficient (Wildman–Crippen LogP) is 9.94. The smallest absolute Gasteiger partial charge is 0.306 e. The van der Waals surface area contributed by atoms with E-state index >= 15 is 0 Å². The van der Waals surface area contributed by atoms with Crippen LogP contribution < -0.4 is 5.11 Å². The van der Waals surface area contributed by atoms with Crippen LogP contribution in [0.1, 0.15) is 187 Å². The zero-order valence-electron chi connectivity index (χ0n) is 35.6. The minimum atomic E-state index is -1.62. The molecule has 2 unspecified atom stereocenters. The molecule has 9 heteroatoms. The molecule has 54 heavy (non-hydrogen) atoms. The van der Waals surface area contributed by atoms with Gasteiger partial charge in [-0.25, -0.2) is 0 Å². The second-order valence-electron chi connectivity index (χ2n) is 16.0. The fourth-order valence-corrected chi connectivity index (χ4v) is 5.98. The van der Waals surface area contributed by atoms with Gasteiger partial charge in [0.2, 0.25) is 0 Å². The average Bonchev–Trinajstić information content (AvgIpc) is 3.12. The van der Waals surface area contributed by atoms with Gasteiger partial charge in [-0.2, -0.15) is 0 Å². The molecule has 0 aliphatic rings. The highest BCUT2D eigenvalue weighted by atomic mass is 16.7. The van der Waals surface area contributed by atoms with E-state index in [0.717, 1.165) is 51.4 Å². The number of carboxylic acid groups (broad SMARTS) is 1. The van der Waals surface area contributed by atoms with E-state index in [1.807, 2.05) is 21.1 Å². The summed E-state index contributed by atoms with van der Waals surface area (Å²) in [6.07, 6.45) is 36.3. The van der Waals surface area contributed by atoms with Gasteiger partial charge in [-0.05, 0) is 44.9 Å². The zero-order chi connectivity index (χ0) is 40.0. The van der Waals surface area contributed by atoms with Gasteiger partial charge in [0, 0.05) is 12.8 Å². The van der Waals surface area contributed by atoms with Gasteiger partial charge in [0.25, 0.3) is 0 Å². The Bertz CT molecular complexity index is 944. The quantitative estimate of drug-likeness (QED) is 0.0199. The number of esters is 2. The summed E-state index contributed by atoms with van der Waals surface area (Å²) >= 11 is 0. The molecule has 0 aromatic heterocycles. The van der Waals surface area contributed by atoms with Crippen molar-refractivity contribution in [3.63, 3.8) is 0 Å². The van der Waals surface area contributed by atoms with Crippen molar-refractivity contribution in [2.75, 3.05) is 47.5 Å². The molecule has 9 nitrogen and oxygen atoms in total. The van der Waals surface area contributed by atoms with Crippen LogP contribution in [0.4, 0.5) is 0 Å². The first kappa shape index (κ1) is 51.8. The molecule has 0 aliphatic heterocycles. The zero-order valence-corrected chi connectivity index (χ0v) is 35.6. The van der Waals surface area contributed by atoms with Crippen LogP contribution in [-0.2, 0) is 33.3 Å². The molecule has 0 aromatic rings. The van der Waals surface area contributed by atoms with E-state index in [4.69, 9.17) is 18.9 Å². The van der Waals surface area contributed by atoms with Gasteiger partial charge >= 0.3 is 11.9 Å². The molecule has 0 spiro atoms. The van der Waals surface area contributed by atoms with Gasteiger partial charge in [0.05, 0.1) is 40.3 Å². The number of carbonyl (C=O) groups is 3. The third kappa shape index (κ3) is 38.1. The number of nitrogens with zero attached hydrogens (tertiary/aromatic N) is 1. The van der Waals surface area contributed by atoms with E-state index < -0.39 is 24.3 Å². The third-order valence-electron chi connectivity index (χ3n) is 9.45. The fraction of sp³-hybridized carbons (Fsp3) is 0.844. The molecule has 0 radical (unpaired) electrons. The Kier molecular flexibility index (Phi) is 36.1. The van der Waals surface area contributed by atoms with Gasteiger partial charge < -0.3 is 33.3 Å². The van der Waals surface area contributed by atoms with E-state index in [1.165, 1.54) is 103 Å². The van der Waals surface area contributed by atoms with Crippen LogP contribution >= 0.6 is 0 Å². The summed E-state index contributed by atoms with van der Waals surface area (Å²) in [6.45, 7) is 4.71. The van der Waals surface area contributed by atoms with Crippen LogP contribution in [0.25, 0.3) is 0 Å². The molecule has 0 heterocycles. The lowest BCUT2D eigenvalue weighted by atomic mass is 10.1. The molecule has 0 bridgehead atoms. The van der Waals surface area contributed by atoms with Crippen LogP contribution in [0.15, 0.2) is 24.3 Å². The summed E-state index contributed by atoms with van der Waals surface area (Å²) in [5, 5.41) is 11.7. The maximum absolute atomic E-state index is 12.7. The van der Waals surface area contributed by atoms with Crippen molar-refractivity contribution in [2.24, 2.45) is 0 Å². The van der Waals surface area contributed by atoms with E-state index in [2.05, 4.69) is 38.2 Å². The largest absolute Gasteiger partial charge is 0.545 e. The fourth-order valence-electron chi connectivity index (χ4n) is 5.98. The Balaban J connectivity index is 4.44. The highest BCUT2D eigenvalue weighted by molar-refractivity contribution is 5.70. The molecular formula is C45H83NO8. The first-order chi connectivity index (χ1) is 26.1. The second kappa shape index (κ2) is 37.7. The van der Waals surface area contributed by atoms with E-state index in [1.54, 1.807) is 0 Å². The minimum Gasteiger partial charge on any atom is -0.545 e. The number of unbranched alkanes of at least 4 members (excludes halogenated alkanes) is 21. The normalized spacial score (nSPS) is 13.1. The topological polar surface area (TPSA) is 111 Å². The van der Waals surface area contributed by atoms with Crippen molar-refractivity contribution in [3.05, 3.63) is 24.3 Å². The molecular weight excluding hydrogens is 682 g/mol. The monoisotopic (exact) mass is 766 g/mol. The maximum Gasteiger partial charge on any atom is 0.306 e. The van der Waals surface area contributed by atoms with Crippen molar-refractivity contribution in [2.45, 2.75) is 200 Å². The molecule has 2 atom stereocenters. The van der Waals surface area contributed by atoms with Gasteiger partial charge in [0.1, 0.15) is 13.2 Å². The average molecular weight is 766 g/mol. The molecule has 316 valence electrons. The Morgan fingerprint density at radius 2 is 1.00 bits per heavy atom.